The van der Waals surface area contributed by atoms with Crippen LogP contribution >= 0.6 is 0 Å². The minimum absolute atomic E-state index is 0.0795. The Balaban J connectivity index is 1.95. The molecule has 4 rings (SSSR count). The Kier molecular flexibility index (Phi) is 3.39. The van der Waals surface area contributed by atoms with Crippen molar-refractivity contribution in [3.05, 3.63) is 47.3 Å². The van der Waals surface area contributed by atoms with Crippen LogP contribution in [0.4, 0.5) is 17.6 Å². The van der Waals surface area contributed by atoms with E-state index in [-0.39, 0.29) is 11.3 Å². The molecule has 0 saturated carbocycles. The van der Waals surface area contributed by atoms with Crippen molar-refractivity contribution in [1.82, 2.24) is 4.98 Å². The van der Waals surface area contributed by atoms with Gasteiger partial charge in [0, 0.05) is 23.4 Å². The zero-order chi connectivity index (χ0) is 19.8. The first kappa shape index (κ1) is 17.7. The van der Waals surface area contributed by atoms with Crippen LogP contribution in [0.1, 0.15) is 22.9 Å². The fraction of sp³-hybridized carbons (Fsp3) is 0.250. The molecule has 0 saturated heterocycles. The molecule has 6 nitrogen and oxygen atoms in total. The standard InChI is InChI=1S/C16H8F4N2O4S/c17-13-11-9(26-8-3-7(4-21)5-22-6-8)1-2-10-12(11)15(23,14(13)18)16(19,20)27(10,24)25/h1-3,5-6,13-14,23H/t13-,14-,15+/m1/s1. The molecule has 0 radical (unpaired) electrons. The first-order valence-electron chi connectivity index (χ1n) is 7.40. The quantitative estimate of drug-likeness (QED) is 0.778. The second-order valence-corrected chi connectivity index (χ2v) is 8.02. The van der Waals surface area contributed by atoms with Gasteiger partial charge in [-0.15, -0.1) is 0 Å². The summed E-state index contributed by atoms with van der Waals surface area (Å²) in [6.07, 6.45) is -3.62. The van der Waals surface area contributed by atoms with Gasteiger partial charge >= 0.3 is 5.25 Å². The lowest BCUT2D eigenvalue weighted by Crippen LogP contribution is -2.50. The predicted molar refractivity (Wildman–Crippen MR) is 80.2 cm³/mol. The van der Waals surface area contributed by atoms with Crippen LogP contribution < -0.4 is 4.74 Å². The van der Waals surface area contributed by atoms with Crippen molar-refractivity contribution >= 4 is 9.84 Å². The summed E-state index contributed by atoms with van der Waals surface area (Å²) in [5.74, 6) is -0.555. The van der Waals surface area contributed by atoms with Gasteiger partial charge in [0.25, 0.3) is 0 Å². The summed E-state index contributed by atoms with van der Waals surface area (Å²) < 4.78 is 87.0. The fourth-order valence-electron chi connectivity index (χ4n) is 3.37. The molecule has 11 heteroatoms. The maximum Gasteiger partial charge on any atom is 0.384 e. The molecule has 140 valence electrons. The maximum atomic E-state index is 14.5. The number of hydrogen-bond donors (Lipinski definition) is 1. The molecule has 2 aliphatic rings. The summed E-state index contributed by atoms with van der Waals surface area (Å²) in [5, 5.41) is 14.1. The fourth-order valence-corrected chi connectivity index (χ4v) is 5.05. The second kappa shape index (κ2) is 5.17. The Morgan fingerprint density at radius 3 is 2.63 bits per heavy atom. The molecular weight excluding hydrogens is 392 g/mol. The molecule has 0 unspecified atom stereocenters. The van der Waals surface area contributed by atoms with Gasteiger partial charge in [-0.2, -0.15) is 14.0 Å². The van der Waals surface area contributed by atoms with Crippen molar-refractivity contribution in [2.45, 2.75) is 28.1 Å². The minimum Gasteiger partial charge on any atom is -0.455 e. The molecule has 1 aliphatic heterocycles. The van der Waals surface area contributed by atoms with Crippen LogP contribution in [-0.2, 0) is 15.4 Å². The van der Waals surface area contributed by atoms with Gasteiger partial charge in [-0.05, 0) is 12.1 Å². The number of alkyl halides is 4. The van der Waals surface area contributed by atoms with Crippen LogP contribution in [0, 0.1) is 11.3 Å². The number of aliphatic hydroxyl groups is 1. The summed E-state index contributed by atoms with van der Waals surface area (Å²) >= 11 is 0. The smallest absolute Gasteiger partial charge is 0.384 e. The van der Waals surface area contributed by atoms with Crippen LogP contribution in [0.15, 0.2) is 35.5 Å². The van der Waals surface area contributed by atoms with E-state index < -0.39 is 54.8 Å². The van der Waals surface area contributed by atoms with Gasteiger partial charge < -0.3 is 9.84 Å². The summed E-state index contributed by atoms with van der Waals surface area (Å²) in [5.41, 5.74) is -5.64. The van der Waals surface area contributed by atoms with E-state index in [0.29, 0.717) is 6.07 Å². The number of ether oxygens (including phenoxy) is 1. The zero-order valence-electron chi connectivity index (χ0n) is 13.0. The molecule has 2 heterocycles. The first-order chi connectivity index (χ1) is 12.6. The SMILES string of the molecule is N#Cc1cncc(Oc2ccc3c4c2[C@@H](F)[C@@H](F)[C@]4(O)C(F)(F)S3(=O)=O)c1. The molecule has 1 aromatic carbocycles. The molecule has 2 aromatic rings. The lowest BCUT2D eigenvalue weighted by molar-refractivity contribution is -0.170. The van der Waals surface area contributed by atoms with E-state index in [4.69, 9.17) is 10.00 Å². The lowest BCUT2D eigenvalue weighted by Gasteiger charge is -2.27. The van der Waals surface area contributed by atoms with Crippen LogP contribution in [-0.4, -0.2) is 29.9 Å². The largest absolute Gasteiger partial charge is 0.455 e. The summed E-state index contributed by atoms with van der Waals surface area (Å²) in [6, 6.07) is 4.57. The number of pyridine rings is 1. The number of nitrogens with zero attached hydrogens (tertiary/aromatic N) is 2. The summed E-state index contributed by atoms with van der Waals surface area (Å²) in [6.45, 7) is 0. The maximum absolute atomic E-state index is 14.5. The number of aromatic nitrogens is 1. The van der Waals surface area contributed by atoms with Crippen molar-refractivity contribution in [3.8, 4) is 17.6 Å². The highest BCUT2D eigenvalue weighted by Crippen LogP contribution is 2.65. The number of benzene rings is 1. The second-order valence-electron chi connectivity index (χ2n) is 6.06. The van der Waals surface area contributed by atoms with Gasteiger partial charge in [-0.1, -0.05) is 0 Å². The third-order valence-corrected chi connectivity index (χ3v) is 6.53. The van der Waals surface area contributed by atoms with E-state index in [0.717, 1.165) is 12.3 Å². The Hall–Kier alpha value is -2.71. The van der Waals surface area contributed by atoms with Gasteiger partial charge in [0.05, 0.1) is 16.7 Å². The molecule has 0 bridgehead atoms. The van der Waals surface area contributed by atoms with Crippen LogP contribution in [0.5, 0.6) is 11.5 Å². The Morgan fingerprint density at radius 1 is 1.26 bits per heavy atom. The van der Waals surface area contributed by atoms with Crippen LogP contribution in [0.3, 0.4) is 0 Å². The monoisotopic (exact) mass is 400 g/mol. The van der Waals surface area contributed by atoms with Crippen molar-refractivity contribution in [1.29, 1.82) is 5.26 Å². The van der Waals surface area contributed by atoms with Gasteiger partial charge in [0.2, 0.25) is 15.4 Å². The lowest BCUT2D eigenvalue weighted by atomic mass is 9.95. The molecule has 3 atom stereocenters. The molecule has 27 heavy (non-hydrogen) atoms. The first-order valence-corrected chi connectivity index (χ1v) is 8.89. The Bertz CT molecular complexity index is 1130. The minimum atomic E-state index is -5.42. The Morgan fingerprint density at radius 2 is 1.96 bits per heavy atom. The van der Waals surface area contributed by atoms with E-state index >= 15 is 0 Å². The van der Waals surface area contributed by atoms with E-state index in [2.05, 4.69) is 4.98 Å². The van der Waals surface area contributed by atoms with Crippen LogP contribution in [0.25, 0.3) is 0 Å². The molecule has 0 fully saturated rings. The van der Waals surface area contributed by atoms with E-state index in [1.807, 2.05) is 0 Å². The topological polar surface area (TPSA) is 100 Å². The van der Waals surface area contributed by atoms with Crippen LogP contribution in [0.2, 0.25) is 0 Å². The van der Waals surface area contributed by atoms with Crippen molar-refractivity contribution in [3.63, 3.8) is 0 Å². The molecule has 1 aliphatic carbocycles. The molecule has 0 amide bonds. The zero-order valence-corrected chi connectivity index (χ0v) is 13.8. The molecular formula is C16H8F4N2O4S. The number of hydrogen-bond acceptors (Lipinski definition) is 6. The van der Waals surface area contributed by atoms with Gasteiger partial charge in [0.15, 0.2) is 12.3 Å². The predicted octanol–water partition coefficient (Wildman–Crippen LogP) is 2.68. The van der Waals surface area contributed by atoms with Gasteiger partial charge in [-0.25, -0.2) is 17.2 Å². The van der Waals surface area contributed by atoms with Crippen molar-refractivity contribution in [2.75, 3.05) is 0 Å². The van der Waals surface area contributed by atoms with E-state index in [9.17, 15) is 31.1 Å². The van der Waals surface area contributed by atoms with Gasteiger partial charge in [0.1, 0.15) is 17.6 Å². The Labute approximate surface area is 149 Å². The highest BCUT2D eigenvalue weighted by Gasteiger charge is 2.78. The van der Waals surface area contributed by atoms with Crippen molar-refractivity contribution in [2.24, 2.45) is 0 Å². The molecule has 0 spiro atoms. The highest BCUT2D eigenvalue weighted by molar-refractivity contribution is 7.93. The molecule has 1 N–H and O–H groups in total. The number of nitriles is 1. The third kappa shape index (κ3) is 1.91. The summed E-state index contributed by atoms with van der Waals surface area (Å²) in [4.78, 5) is 2.65. The highest BCUT2D eigenvalue weighted by atomic mass is 32.2. The average Bonchev–Trinajstić information content (AvgIpc) is 2.91. The number of halogens is 4. The normalized spacial score (nSPS) is 29.2. The number of sulfone groups is 1. The summed E-state index contributed by atoms with van der Waals surface area (Å²) in [7, 11) is -5.42. The van der Waals surface area contributed by atoms with E-state index in [1.54, 1.807) is 6.07 Å². The van der Waals surface area contributed by atoms with Crippen molar-refractivity contribution < 1.29 is 35.8 Å². The molecule has 1 aromatic heterocycles. The average molecular weight is 400 g/mol. The van der Waals surface area contributed by atoms with E-state index in [1.165, 1.54) is 12.3 Å². The number of rotatable bonds is 2. The third-order valence-electron chi connectivity index (χ3n) is 4.62. The van der Waals surface area contributed by atoms with Gasteiger partial charge in [-0.3, -0.25) is 4.98 Å².